The largest absolute Gasteiger partial charge is 0.465 e. The Labute approximate surface area is 131 Å². The minimum absolute atomic E-state index is 0.0281. The predicted molar refractivity (Wildman–Crippen MR) is 83.2 cm³/mol. The fourth-order valence-electron chi connectivity index (χ4n) is 2.59. The fourth-order valence-corrected chi connectivity index (χ4v) is 2.59. The van der Waals surface area contributed by atoms with Gasteiger partial charge in [-0.2, -0.15) is 0 Å². The number of nitrogens with zero attached hydrogens (tertiary/aromatic N) is 2. The molecule has 1 fully saturated rings. The van der Waals surface area contributed by atoms with Crippen LogP contribution in [0.5, 0.6) is 0 Å². The molecule has 0 aromatic carbocycles. The van der Waals surface area contributed by atoms with E-state index in [-0.39, 0.29) is 12.1 Å². The zero-order valence-corrected chi connectivity index (χ0v) is 13.7. The first-order valence-corrected chi connectivity index (χ1v) is 7.77. The minimum atomic E-state index is -0.360. The second kappa shape index (κ2) is 7.56. The molecular weight excluding hydrogens is 284 g/mol. The highest BCUT2D eigenvalue weighted by Gasteiger charge is 2.28. The van der Waals surface area contributed by atoms with Crippen LogP contribution in [0.4, 0.5) is 5.82 Å². The maximum absolute atomic E-state index is 12.0. The summed E-state index contributed by atoms with van der Waals surface area (Å²) in [5.74, 6) is 0.317. The lowest BCUT2D eigenvalue weighted by Crippen LogP contribution is -2.38. The lowest BCUT2D eigenvalue weighted by molar-refractivity contribution is 0.0599. The number of hydrogen-bond acceptors (Lipinski definition) is 6. The Morgan fingerprint density at radius 2 is 2.05 bits per heavy atom. The molecule has 3 rings (SSSR count). The number of hydrogen-bond donors (Lipinski definition) is 0. The Balaban J connectivity index is 0.000000847. The number of aromatic nitrogens is 1. The molecular formula is C16H24N2O4. The van der Waals surface area contributed by atoms with Crippen molar-refractivity contribution >= 4 is 11.8 Å². The Bertz CT molecular complexity index is 527. The molecule has 1 unspecified atom stereocenters. The summed E-state index contributed by atoms with van der Waals surface area (Å²) < 4.78 is 15.8. The fraction of sp³-hybridized carbons (Fsp3) is 0.625. The average molecular weight is 308 g/mol. The number of esters is 1. The molecule has 2 aliphatic rings. The molecule has 3 heterocycles. The molecule has 1 aromatic heterocycles. The number of carbonyl (C=O) groups excluding carboxylic acids is 1. The number of carbonyl (C=O) groups is 1. The average Bonchev–Trinajstić information content (AvgIpc) is 2.96. The van der Waals surface area contributed by atoms with Crippen molar-refractivity contribution in [2.24, 2.45) is 0 Å². The number of methoxy groups -OCH3 is 1. The van der Waals surface area contributed by atoms with E-state index in [9.17, 15) is 4.79 Å². The Hall–Kier alpha value is -1.66. The van der Waals surface area contributed by atoms with Gasteiger partial charge in [0.05, 0.1) is 38.7 Å². The summed E-state index contributed by atoms with van der Waals surface area (Å²) in [5.41, 5.74) is 2.39. The zero-order chi connectivity index (χ0) is 16.1. The van der Waals surface area contributed by atoms with Gasteiger partial charge in [-0.1, -0.05) is 13.8 Å². The molecule has 6 heteroatoms. The van der Waals surface area contributed by atoms with E-state index in [1.54, 1.807) is 0 Å². The number of rotatable bonds is 2. The van der Waals surface area contributed by atoms with Crippen LogP contribution in [0.1, 0.15) is 48.5 Å². The number of morpholine rings is 1. The summed E-state index contributed by atoms with van der Waals surface area (Å²) in [6, 6.07) is 1.86. The van der Waals surface area contributed by atoms with Crippen LogP contribution in [0.25, 0.3) is 0 Å². The van der Waals surface area contributed by atoms with Crippen LogP contribution in [0.3, 0.4) is 0 Å². The van der Waals surface area contributed by atoms with Gasteiger partial charge in [0.1, 0.15) is 11.4 Å². The molecule has 0 amide bonds. The molecule has 2 aliphatic heterocycles. The third-order valence-corrected chi connectivity index (χ3v) is 3.74. The van der Waals surface area contributed by atoms with E-state index in [1.807, 2.05) is 26.8 Å². The lowest BCUT2D eigenvalue weighted by atomic mass is 10.1. The maximum Gasteiger partial charge on any atom is 0.341 e. The van der Waals surface area contributed by atoms with Gasteiger partial charge in [0.2, 0.25) is 0 Å². The summed E-state index contributed by atoms with van der Waals surface area (Å²) in [6.45, 7) is 9.20. The van der Waals surface area contributed by atoms with Crippen molar-refractivity contribution in [2.75, 3.05) is 38.3 Å². The van der Waals surface area contributed by atoms with Crippen LogP contribution in [0.15, 0.2) is 6.07 Å². The van der Waals surface area contributed by atoms with Gasteiger partial charge in [0, 0.05) is 18.7 Å². The van der Waals surface area contributed by atoms with Crippen molar-refractivity contribution in [3.05, 3.63) is 22.9 Å². The number of fused-ring (bicyclic) bond motifs is 1. The Morgan fingerprint density at radius 1 is 1.36 bits per heavy atom. The summed E-state index contributed by atoms with van der Waals surface area (Å²) >= 11 is 0. The highest BCUT2D eigenvalue weighted by Crippen LogP contribution is 2.33. The number of anilines is 1. The highest BCUT2D eigenvalue weighted by molar-refractivity contribution is 5.95. The van der Waals surface area contributed by atoms with E-state index in [2.05, 4.69) is 9.88 Å². The molecule has 0 aliphatic carbocycles. The van der Waals surface area contributed by atoms with E-state index < -0.39 is 0 Å². The monoisotopic (exact) mass is 308 g/mol. The molecule has 1 atom stereocenters. The second-order valence-corrected chi connectivity index (χ2v) is 4.94. The summed E-state index contributed by atoms with van der Waals surface area (Å²) in [4.78, 5) is 18.7. The van der Waals surface area contributed by atoms with Crippen molar-refractivity contribution in [2.45, 2.75) is 33.5 Å². The molecule has 0 radical (unpaired) electrons. The summed E-state index contributed by atoms with van der Waals surface area (Å²) in [6.07, 6.45) is -0.0281. The minimum Gasteiger partial charge on any atom is -0.465 e. The van der Waals surface area contributed by atoms with Crippen molar-refractivity contribution in [3.63, 3.8) is 0 Å². The quantitative estimate of drug-likeness (QED) is 0.781. The van der Waals surface area contributed by atoms with Crippen LogP contribution in [0.2, 0.25) is 0 Å². The molecule has 122 valence electrons. The van der Waals surface area contributed by atoms with Crippen molar-refractivity contribution in [3.8, 4) is 0 Å². The smallest absolute Gasteiger partial charge is 0.341 e. The van der Waals surface area contributed by atoms with E-state index >= 15 is 0 Å². The molecule has 1 aromatic rings. The summed E-state index contributed by atoms with van der Waals surface area (Å²) in [5, 5.41) is 0. The molecule has 0 saturated carbocycles. The van der Waals surface area contributed by atoms with E-state index in [0.29, 0.717) is 31.2 Å². The molecule has 22 heavy (non-hydrogen) atoms. The zero-order valence-electron chi connectivity index (χ0n) is 13.7. The molecule has 0 N–H and O–H groups in total. The van der Waals surface area contributed by atoms with Crippen LogP contribution in [-0.4, -0.2) is 44.4 Å². The number of ether oxygens (including phenoxy) is 3. The Morgan fingerprint density at radius 3 is 2.68 bits per heavy atom. The first-order chi connectivity index (χ1) is 10.7. The van der Waals surface area contributed by atoms with E-state index in [4.69, 9.17) is 14.2 Å². The van der Waals surface area contributed by atoms with Gasteiger partial charge in [-0.05, 0) is 13.0 Å². The van der Waals surface area contributed by atoms with Crippen molar-refractivity contribution in [1.82, 2.24) is 4.98 Å². The summed E-state index contributed by atoms with van der Waals surface area (Å²) in [7, 11) is 1.39. The van der Waals surface area contributed by atoms with Gasteiger partial charge < -0.3 is 19.1 Å². The molecule has 1 saturated heterocycles. The van der Waals surface area contributed by atoms with Gasteiger partial charge in [-0.15, -0.1) is 0 Å². The van der Waals surface area contributed by atoms with Gasteiger partial charge in [-0.3, -0.25) is 0 Å². The topological polar surface area (TPSA) is 60.9 Å². The number of pyridine rings is 1. The molecule has 0 spiro atoms. The van der Waals surface area contributed by atoms with Gasteiger partial charge >= 0.3 is 5.97 Å². The first-order valence-electron chi connectivity index (χ1n) is 7.77. The van der Waals surface area contributed by atoms with Gasteiger partial charge in [0.15, 0.2) is 0 Å². The Kier molecular flexibility index (Phi) is 5.74. The van der Waals surface area contributed by atoms with Crippen molar-refractivity contribution in [1.29, 1.82) is 0 Å². The first kappa shape index (κ1) is 16.7. The third-order valence-electron chi connectivity index (χ3n) is 3.74. The van der Waals surface area contributed by atoms with Crippen molar-refractivity contribution < 1.29 is 19.0 Å². The van der Waals surface area contributed by atoms with Crippen LogP contribution in [0, 0.1) is 0 Å². The molecule has 6 nitrogen and oxygen atoms in total. The highest BCUT2D eigenvalue weighted by atomic mass is 16.5. The second-order valence-electron chi connectivity index (χ2n) is 4.94. The standard InChI is InChI=1S/C14H18N2O4.C2H6/c1-9-10-7-11(14(17)18-2)13(15-12(10)8-20-9)16-3-5-19-6-4-16;1-2/h7,9H,3-6,8H2,1-2H3;1-2H3. The van der Waals surface area contributed by atoms with E-state index in [0.717, 1.165) is 24.3 Å². The predicted octanol–water partition coefficient (Wildman–Crippen LogP) is 2.32. The molecule has 0 bridgehead atoms. The normalized spacial score (nSPS) is 20.0. The van der Waals surface area contributed by atoms with E-state index in [1.165, 1.54) is 7.11 Å². The van der Waals surface area contributed by atoms with Crippen LogP contribution >= 0.6 is 0 Å². The SMILES string of the molecule is CC.COC(=O)c1cc2c(nc1N1CCOCC1)COC2C. The van der Waals surface area contributed by atoms with Crippen LogP contribution in [-0.2, 0) is 20.8 Å². The maximum atomic E-state index is 12.0. The van der Waals surface area contributed by atoms with Crippen LogP contribution < -0.4 is 4.90 Å². The van der Waals surface area contributed by atoms with Gasteiger partial charge in [0.25, 0.3) is 0 Å². The third kappa shape index (κ3) is 3.23. The van der Waals surface area contributed by atoms with Gasteiger partial charge in [-0.25, -0.2) is 9.78 Å². The lowest BCUT2D eigenvalue weighted by Gasteiger charge is -2.29.